The predicted molar refractivity (Wildman–Crippen MR) is 109 cm³/mol. The van der Waals surface area contributed by atoms with E-state index in [2.05, 4.69) is 85.3 Å². The zero-order valence-corrected chi connectivity index (χ0v) is 15.1. The molecule has 0 aliphatic heterocycles. The van der Waals surface area contributed by atoms with Crippen molar-refractivity contribution in [2.24, 2.45) is 5.73 Å². The van der Waals surface area contributed by atoms with Crippen molar-refractivity contribution in [3.05, 3.63) is 90.3 Å². The number of hydrogen-bond donors (Lipinski definition) is 3. The van der Waals surface area contributed by atoms with E-state index in [0.717, 1.165) is 30.9 Å². The molecule has 0 aliphatic carbocycles. The fourth-order valence-electron chi connectivity index (χ4n) is 2.73. The maximum absolute atomic E-state index is 5.60. The Bertz CT molecular complexity index is 674. The second-order valence-corrected chi connectivity index (χ2v) is 6.53. The predicted octanol–water partition coefficient (Wildman–Crippen LogP) is 4.41. The molecule has 3 nitrogen and oxygen atoms in total. The summed E-state index contributed by atoms with van der Waals surface area (Å²) in [5, 5.41) is 6.80. The molecule has 1 unspecified atom stereocenters. The van der Waals surface area contributed by atoms with E-state index in [-0.39, 0.29) is 0 Å². The lowest BCUT2D eigenvalue weighted by Gasteiger charge is -2.13. The van der Waals surface area contributed by atoms with Gasteiger partial charge in [-0.25, -0.2) is 0 Å². The third-order valence-electron chi connectivity index (χ3n) is 4.13. The number of hydrogen-bond acceptors (Lipinski definition) is 3. The molecule has 0 radical (unpaired) electrons. The van der Waals surface area contributed by atoms with Crippen LogP contribution in [0.1, 0.15) is 30.4 Å². The fraction of sp³-hybridized carbons (Fsp3) is 0.273. The molecule has 3 heteroatoms. The molecular formula is C22H29N3. The topological polar surface area (TPSA) is 50.1 Å². The summed E-state index contributed by atoms with van der Waals surface area (Å²) in [6.07, 6.45) is 1.60. The second kappa shape index (κ2) is 9.70. The first-order chi connectivity index (χ1) is 12.0. The van der Waals surface area contributed by atoms with Gasteiger partial charge >= 0.3 is 0 Å². The van der Waals surface area contributed by atoms with E-state index < -0.39 is 0 Å². The Balaban J connectivity index is 1.71. The first kappa shape index (κ1) is 18.8. The molecule has 0 saturated heterocycles. The van der Waals surface area contributed by atoms with Crippen LogP contribution in [0.3, 0.4) is 0 Å². The molecule has 0 heterocycles. The molecule has 0 amide bonds. The molecule has 2 aromatic carbocycles. The Hall–Kier alpha value is -2.52. The van der Waals surface area contributed by atoms with Crippen LogP contribution in [0.2, 0.25) is 0 Å². The van der Waals surface area contributed by atoms with Crippen molar-refractivity contribution < 1.29 is 0 Å². The van der Waals surface area contributed by atoms with Crippen molar-refractivity contribution in [1.29, 1.82) is 0 Å². The zero-order valence-electron chi connectivity index (χ0n) is 15.1. The first-order valence-corrected chi connectivity index (χ1v) is 8.77. The highest BCUT2D eigenvalue weighted by Gasteiger charge is 2.04. The summed E-state index contributed by atoms with van der Waals surface area (Å²) in [4.78, 5) is 0. The van der Waals surface area contributed by atoms with E-state index in [1.807, 2.05) is 0 Å². The number of nitrogens with one attached hydrogen (secondary N) is 2. The monoisotopic (exact) mass is 335 g/mol. The average Bonchev–Trinajstić information content (AvgIpc) is 2.60. The summed E-state index contributed by atoms with van der Waals surface area (Å²) < 4.78 is 0. The number of nitrogens with two attached hydrogens (primary N) is 1. The lowest BCUT2D eigenvalue weighted by molar-refractivity contribution is 0.615. The van der Waals surface area contributed by atoms with E-state index in [1.54, 1.807) is 0 Å². The molecule has 0 aromatic heterocycles. The number of benzene rings is 2. The minimum Gasteiger partial charge on any atom is -0.402 e. The lowest BCUT2D eigenvalue weighted by atomic mass is 10.0. The summed E-state index contributed by atoms with van der Waals surface area (Å²) in [6, 6.07) is 19.1. The van der Waals surface area contributed by atoms with Crippen LogP contribution in [0.5, 0.6) is 0 Å². The number of rotatable bonds is 10. The van der Waals surface area contributed by atoms with Crippen LogP contribution in [0.4, 0.5) is 5.69 Å². The van der Waals surface area contributed by atoms with Crippen molar-refractivity contribution in [2.75, 3.05) is 18.4 Å². The van der Waals surface area contributed by atoms with Gasteiger partial charge in [0.05, 0.1) is 0 Å². The highest BCUT2D eigenvalue weighted by molar-refractivity contribution is 5.49. The normalized spacial score (nSPS) is 11.7. The van der Waals surface area contributed by atoms with Crippen LogP contribution in [-0.2, 0) is 6.42 Å². The zero-order chi connectivity index (χ0) is 18.1. The second-order valence-electron chi connectivity index (χ2n) is 6.53. The molecule has 0 spiro atoms. The van der Waals surface area contributed by atoms with Gasteiger partial charge in [-0.05, 0) is 42.1 Å². The highest BCUT2D eigenvalue weighted by Crippen LogP contribution is 2.15. The van der Waals surface area contributed by atoms with Crippen LogP contribution >= 0.6 is 0 Å². The maximum atomic E-state index is 5.60. The quantitative estimate of drug-likeness (QED) is 0.564. The first-order valence-electron chi connectivity index (χ1n) is 8.77. The van der Waals surface area contributed by atoms with Crippen molar-refractivity contribution >= 4 is 5.69 Å². The summed E-state index contributed by atoms with van der Waals surface area (Å²) in [5.41, 5.74) is 10.8. The molecule has 0 saturated carbocycles. The average molecular weight is 335 g/mol. The van der Waals surface area contributed by atoms with Gasteiger partial charge < -0.3 is 16.4 Å². The van der Waals surface area contributed by atoms with Gasteiger partial charge in [0.2, 0.25) is 0 Å². The standard InChI is InChI=1S/C22H29N3/c1-17(21-7-5-4-6-8-21)16-24-14-13-20-9-11-22(12-10-20)25-19(3)15-18(2)23/h4-12,17,24-25H,2-3,13-16,23H2,1H3. The third-order valence-corrected chi connectivity index (χ3v) is 4.13. The SMILES string of the molecule is C=C(N)CC(=C)Nc1ccc(CCNCC(C)c2ccccc2)cc1. The molecule has 4 N–H and O–H groups in total. The van der Waals surface area contributed by atoms with E-state index in [0.29, 0.717) is 18.0 Å². The van der Waals surface area contributed by atoms with Crippen molar-refractivity contribution in [1.82, 2.24) is 5.32 Å². The van der Waals surface area contributed by atoms with E-state index in [1.165, 1.54) is 11.1 Å². The lowest BCUT2D eigenvalue weighted by Crippen LogP contribution is -2.22. The van der Waals surface area contributed by atoms with Crippen LogP contribution in [0.15, 0.2) is 79.1 Å². The van der Waals surface area contributed by atoms with E-state index in [9.17, 15) is 0 Å². The molecule has 1 atom stereocenters. The van der Waals surface area contributed by atoms with Crippen molar-refractivity contribution in [3.8, 4) is 0 Å². The minimum atomic E-state index is 0.524. The molecule has 25 heavy (non-hydrogen) atoms. The summed E-state index contributed by atoms with van der Waals surface area (Å²) in [5.74, 6) is 0.524. The van der Waals surface area contributed by atoms with Gasteiger partial charge in [0, 0.05) is 30.0 Å². The van der Waals surface area contributed by atoms with Gasteiger partial charge in [-0.3, -0.25) is 0 Å². The molecule has 0 fully saturated rings. The smallest absolute Gasteiger partial charge is 0.0381 e. The summed E-state index contributed by atoms with van der Waals surface area (Å²) in [7, 11) is 0. The van der Waals surface area contributed by atoms with Crippen LogP contribution in [0, 0.1) is 0 Å². The molecule has 2 rings (SSSR count). The largest absolute Gasteiger partial charge is 0.402 e. The molecule has 0 aliphatic rings. The summed E-state index contributed by atoms with van der Waals surface area (Å²) in [6.45, 7) is 11.9. The van der Waals surface area contributed by atoms with Crippen LogP contribution in [0.25, 0.3) is 0 Å². The molecular weight excluding hydrogens is 306 g/mol. The van der Waals surface area contributed by atoms with Gasteiger partial charge in [-0.15, -0.1) is 0 Å². The van der Waals surface area contributed by atoms with Gasteiger partial charge in [0.25, 0.3) is 0 Å². The van der Waals surface area contributed by atoms with Crippen molar-refractivity contribution in [2.45, 2.75) is 25.7 Å². The maximum Gasteiger partial charge on any atom is 0.0381 e. The van der Waals surface area contributed by atoms with Crippen molar-refractivity contribution in [3.63, 3.8) is 0 Å². The van der Waals surface area contributed by atoms with Crippen LogP contribution < -0.4 is 16.4 Å². The summed E-state index contributed by atoms with van der Waals surface area (Å²) >= 11 is 0. The van der Waals surface area contributed by atoms with Gasteiger partial charge in [0.1, 0.15) is 0 Å². The van der Waals surface area contributed by atoms with Gasteiger partial charge in [-0.1, -0.05) is 62.5 Å². The van der Waals surface area contributed by atoms with E-state index >= 15 is 0 Å². The number of anilines is 1. The third kappa shape index (κ3) is 6.86. The van der Waals surface area contributed by atoms with Gasteiger partial charge in [0.15, 0.2) is 0 Å². The Labute approximate surface area is 151 Å². The molecule has 132 valence electrons. The molecule has 0 bridgehead atoms. The fourth-order valence-corrected chi connectivity index (χ4v) is 2.73. The van der Waals surface area contributed by atoms with Gasteiger partial charge in [-0.2, -0.15) is 0 Å². The van der Waals surface area contributed by atoms with E-state index in [4.69, 9.17) is 5.73 Å². The molecule has 2 aromatic rings. The highest BCUT2D eigenvalue weighted by atomic mass is 14.9. The minimum absolute atomic E-state index is 0.524. The Morgan fingerprint density at radius 1 is 1.04 bits per heavy atom. The Kier molecular flexibility index (Phi) is 7.30. The Morgan fingerprint density at radius 2 is 1.72 bits per heavy atom. The Morgan fingerprint density at radius 3 is 2.36 bits per heavy atom. The van der Waals surface area contributed by atoms with Crippen LogP contribution in [-0.4, -0.2) is 13.1 Å².